The van der Waals surface area contributed by atoms with Gasteiger partial charge in [-0.25, -0.2) is 19.6 Å². The Kier molecular flexibility index (Phi) is 9.80. The zero-order chi connectivity index (χ0) is 34.0. The molecule has 0 radical (unpaired) electrons. The van der Waals surface area contributed by atoms with Gasteiger partial charge in [-0.2, -0.15) is 0 Å². The predicted octanol–water partition coefficient (Wildman–Crippen LogP) is 4.97. The monoisotopic (exact) mass is 689 g/mol. The Morgan fingerprint density at radius 2 is 1.78 bits per heavy atom. The lowest BCUT2D eigenvalue weighted by molar-refractivity contribution is -0.145. The van der Waals surface area contributed by atoms with Gasteiger partial charge in [-0.15, -0.1) is 11.8 Å². The zero-order valence-electron chi connectivity index (χ0n) is 27.5. The highest BCUT2D eigenvalue weighted by Gasteiger charge is 2.61. The zero-order valence-corrected chi connectivity index (χ0v) is 28.3. The van der Waals surface area contributed by atoms with E-state index < -0.39 is 47.6 Å². The summed E-state index contributed by atoms with van der Waals surface area (Å²) in [6.45, 7) is 0.0519. The van der Waals surface area contributed by atoms with Crippen molar-refractivity contribution in [3.8, 4) is 5.88 Å². The number of ether oxygens (including phenoxy) is 2. The molecule has 1 aromatic carbocycles. The third-order valence-electron chi connectivity index (χ3n) is 10.2. The normalized spacial score (nSPS) is 30.0. The second-order valence-corrected chi connectivity index (χ2v) is 14.8. The molecule has 49 heavy (non-hydrogen) atoms. The number of thioether (sulfide) groups is 1. The number of allylic oxidation sites excluding steroid dienone is 2. The van der Waals surface area contributed by atoms with Crippen molar-refractivity contribution in [2.24, 2.45) is 5.92 Å². The lowest BCUT2D eigenvalue weighted by Gasteiger charge is -2.29. The van der Waals surface area contributed by atoms with Crippen molar-refractivity contribution in [1.82, 2.24) is 25.5 Å². The van der Waals surface area contributed by atoms with E-state index in [0.29, 0.717) is 29.9 Å². The van der Waals surface area contributed by atoms with Gasteiger partial charge in [0, 0.05) is 23.0 Å². The summed E-state index contributed by atoms with van der Waals surface area (Å²) < 4.78 is 12.2. The number of amides is 3. The Balaban J connectivity index is 1.18. The molecule has 3 N–H and O–H groups in total. The Bertz CT molecular complexity index is 1680. The van der Waals surface area contributed by atoms with Crippen LogP contribution in [0.25, 0.3) is 15.9 Å². The van der Waals surface area contributed by atoms with Crippen LogP contribution in [0.4, 0.5) is 4.79 Å². The van der Waals surface area contributed by atoms with E-state index in [9.17, 15) is 24.3 Å². The molecule has 12 nitrogen and oxygen atoms in total. The fourth-order valence-corrected chi connectivity index (χ4v) is 8.41. The lowest BCUT2D eigenvalue weighted by atomic mass is 10.0. The summed E-state index contributed by atoms with van der Waals surface area (Å²) in [4.78, 5) is 66.0. The third kappa shape index (κ3) is 7.27. The minimum absolute atomic E-state index is 0.0519. The number of carbonyl (C=O) groups is 4. The van der Waals surface area contributed by atoms with Gasteiger partial charge in [-0.1, -0.05) is 43.2 Å². The lowest BCUT2D eigenvalue weighted by Crippen LogP contribution is -2.56. The second-order valence-electron chi connectivity index (χ2n) is 13.7. The highest BCUT2D eigenvalue weighted by molar-refractivity contribution is 8.08. The van der Waals surface area contributed by atoms with Crippen LogP contribution in [0.3, 0.4) is 0 Å². The molecule has 260 valence electrons. The molecule has 2 aromatic rings. The molecule has 3 aliphatic heterocycles. The van der Waals surface area contributed by atoms with Gasteiger partial charge in [0.15, 0.2) is 0 Å². The molecule has 0 spiro atoms. The van der Waals surface area contributed by atoms with Crippen molar-refractivity contribution in [2.75, 3.05) is 12.3 Å². The van der Waals surface area contributed by atoms with Crippen molar-refractivity contribution in [3.05, 3.63) is 48.2 Å². The number of hydrogen-bond donors (Lipinski definition) is 3. The number of carboxylic acids is 1. The van der Waals surface area contributed by atoms with Gasteiger partial charge in [-0.05, 0) is 69.9 Å². The number of nitrogens with one attached hydrogen (secondary N) is 2. The maximum atomic E-state index is 14.4. The highest BCUT2D eigenvalue weighted by atomic mass is 32.2. The van der Waals surface area contributed by atoms with E-state index >= 15 is 0 Å². The summed E-state index contributed by atoms with van der Waals surface area (Å²) in [5.74, 6) is -1.16. The van der Waals surface area contributed by atoms with E-state index in [4.69, 9.17) is 19.4 Å². The number of alkyl carbamates (subject to hydrolysis) is 1. The van der Waals surface area contributed by atoms with Crippen LogP contribution >= 0.6 is 11.8 Å². The summed E-state index contributed by atoms with van der Waals surface area (Å²) in [5.41, 5.74) is 0.589. The molecule has 4 heterocycles. The Morgan fingerprint density at radius 3 is 2.53 bits per heavy atom. The number of aromatic nitrogens is 2. The maximum absolute atomic E-state index is 14.4. The van der Waals surface area contributed by atoms with Crippen molar-refractivity contribution in [2.45, 2.75) is 107 Å². The number of para-hydroxylation sites is 2. The van der Waals surface area contributed by atoms with Gasteiger partial charge in [0.25, 0.3) is 0 Å². The first-order valence-corrected chi connectivity index (χ1v) is 18.6. The van der Waals surface area contributed by atoms with Crippen LogP contribution in [0.5, 0.6) is 5.88 Å². The van der Waals surface area contributed by atoms with Crippen LogP contribution in [-0.2, 0) is 19.1 Å². The maximum Gasteiger partial charge on any atom is 0.408 e. The van der Waals surface area contributed by atoms with Crippen LogP contribution in [0.15, 0.2) is 42.5 Å². The van der Waals surface area contributed by atoms with Gasteiger partial charge in [0.05, 0.1) is 17.6 Å². The predicted molar refractivity (Wildman–Crippen MR) is 184 cm³/mol. The fourth-order valence-electron chi connectivity index (χ4n) is 7.45. The van der Waals surface area contributed by atoms with E-state index in [2.05, 4.69) is 16.7 Å². The molecule has 2 saturated carbocycles. The van der Waals surface area contributed by atoms with E-state index in [1.54, 1.807) is 11.8 Å². The molecule has 1 saturated heterocycles. The fraction of sp³-hybridized carbons (Fsp3) is 0.556. The summed E-state index contributed by atoms with van der Waals surface area (Å²) in [5, 5.41) is 15.8. The molecular formula is C36H43N5O7S. The minimum atomic E-state index is -1.42. The second kappa shape index (κ2) is 14.4. The number of hydrogen-bond acceptors (Lipinski definition) is 9. The van der Waals surface area contributed by atoms with Gasteiger partial charge in [-0.3, -0.25) is 9.59 Å². The SMILES string of the molecule is O=C(N[C@@H]1CCCCC/C=C\[C@@H]2C[C@]2(C(=O)O)NC(=O)[C@@H]2C[C@H](Oc3nc4ccccc4nc3C3=CCCS3)CN2C1=O)OC1CCCC1. The van der Waals surface area contributed by atoms with Crippen molar-refractivity contribution < 1.29 is 33.8 Å². The van der Waals surface area contributed by atoms with Gasteiger partial charge < -0.3 is 30.1 Å². The molecule has 5 atom stereocenters. The summed E-state index contributed by atoms with van der Waals surface area (Å²) in [6, 6.07) is 5.61. The molecule has 3 amide bonds. The van der Waals surface area contributed by atoms with Gasteiger partial charge in [0.2, 0.25) is 17.7 Å². The molecular weight excluding hydrogens is 646 g/mol. The largest absolute Gasteiger partial charge is 0.479 e. The average Bonchev–Trinajstić information content (AvgIpc) is 3.58. The topological polar surface area (TPSA) is 160 Å². The number of aliphatic carboxylic acids is 1. The van der Waals surface area contributed by atoms with Gasteiger partial charge in [0.1, 0.15) is 35.5 Å². The van der Waals surface area contributed by atoms with Crippen molar-refractivity contribution in [3.63, 3.8) is 0 Å². The third-order valence-corrected chi connectivity index (χ3v) is 11.4. The van der Waals surface area contributed by atoms with E-state index in [1.807, 2.05) is 36.4 Å². The smallest absolute Gasteiger partial charge is 0.408 e. The first-order chi connectivity index (χ1) is 23.8. The molecule has 7 rings (SSSR count). The molecule has 1 aromatic heterocycles. The quantitative estimate of drug-likeness (QED) is 0.354. The van der Waals surface area contributed by atoms with Crippen LogP contribution in [0.2, 0.25) is 0 Å². The Labute approximate surface area is 289 Å². The van der Waals surface area contributed by atoms with E-state index in [1.165, 1.54) is 4.90 Å². The van der Waals surface area contributed by atoms with Crippen LogP contribution < -0.4 is 15.4 Å². The number of nitrogens with zero attached hydrogens (tertiary/aromatic N) is 3. The Morgan fingerprint density at radius 1 is 1.00 bits per heavy atom. The molecule has 3 fully saturated rings. The van der Waals surface area contributed by atoms with E-state index in [-0.39, 0.29) is 31.4 Å². The standard InChI is InChI=1S/C36H43N5O7S/c42-31-28-19-24(47-32-30(29-17-10-18-49-29)37-25-14-8-9-15-26(25)38-32)21-41(28)33(43)27(39-35(46)48-23-12-6-7-13-23)16-5-3-1-2-4-11-22-20-36(22,40-31)34(44)45/h4,8-9,11,14-15,17,22-24,27-28H,1-3,5-7,10,12-13,16,18-21H2,(H,39,46)(H,40,42)(H,44,45)/b11-4-/t22-,24+,27-,28+,36+/m1/s1. The van der Waals surface area contributed by atoms with Crippen molar-refractivity contribution in [1.29, 1.82) is 0 Å². The van der Waals surface area contributed by atoms with Crippen LogP contribution in [0, 0.1) is 5.92 Å². The first-order valence-electron chi connectivity index (χ1n) is 17.6. The molecule has 5 aliphatic rings. The van der Waals surface area contributed by atoms with E-state index in [0.717, 1.165) is 67.5 Å². The first kappa shape index (κ1) is 33.4. The highest BCUT2D eigenvalue weighted by Crippen LogP contribution is 2.45. The molecule has 0 bridgehead atoms. The summed E-state index contributed by atoms with van der Waals surface area (Å²) in [7, 11) is 0. The summed E-state index contributed by atoms with van der Waals surface area (Å²) in [6.07, 6.45) is 12.9. The van der Waals surface area contributed by atoms with Crippen molar-refractivity contribution >= 4 is 51.6 Å². The minimum Gasteiger partial charge on any atom is -0.479 e. The molecule has 13 heteroatoms. The number of carbonyl (C=O) groups excluding carboxylic acids is 3. The van der Waals surface area contributed by atoms with Crippen LogP contribution in [-0.4, -0.2) is 86.0 Å². The number of fused-ring (bicyclic) bond motifs is 3. The average molecular weight is 690 g/mol. The number of rotatable bonds is 6. The molecule has 0 unspecified atom stereocenters. The Hall–Kier alpha value is -4.13. The van der Waals surface area contributed by atoms with Gasteiger partial charge >= 0.3 is 12.1 Å². The number of benzene rings is 1. The van der Waals surface area contributed by atoms with Crippen LogP contribution in [0.1, 0.15) is 82.7 Å². The number of carboxylic acid groups (broad SMARTS) is 1. The molecule has 2 aliphatic carbocycles. The summed E-state index contributed by atoms with van der Waals surface area (Å²) >= 11 is 1.68.